The molecule has 0 aromatic carbocycles. The van der Waals surface area contributed by atoms with Crippen molar-refractivity contribution in [3.05, 3.63) is 0 Å². The number of carboxylic acids is 1. The summed E-state index contributed by atoms with van der Waals surface area (Å²) < 4.78 is 0. The van der Waals surface area contributed by atoms with Crippen molar-refractivity contribution < 1.29 is 14.7 Å². The third kappa shape index (κ3) is 3.62. The number of hydrogen-bond donors (Lipinski definition) is 3. The lowest BCUT2D eigenvalue weighted by molar-refractivity contribution is -0.143. The van der Waals surface area contributed by atoms with E-state index in [0.717, 1.165) is 19.3 Å². The van der Waals surface area contributed by atoms with Crippen LogP contribution in [0, 0.1) is 11.8 Å². The molecule has 18 heavy (non-hydrogen) atoms. The summed E-state index contributed by atoms with van der Waals surface area (Å²) in [5.41, 5.74) is 0. The van der Waals surface area contributed by atoms with Gasteiger partial charge in [0.05, 0.1) is 5.92 Å². The molecule has 2 rings (SSSR count). The molecular formula is C13H22N2O3. The van der Waals surface area contributed by atoms with E-state index in [1.807, 2.05) is 6.92 Å². The zero-order chi connectivity index (χ0) is 13.1. The fourth-order valence-electron chi connectivity index (χ4n) is 2.69. The topological polar surface area (TPSA) is 78.4 Å². The van der Waals surface area contributed by atoms with E-state index in [2.05, 4.69) is 10.6 Å². The van der Waals surface area contributed by atoms with Gasteiger partial charge in [0.25, 0.3) is 0 Å². The highest BCUT2D eigenvalue weighted by atomic mass is 16.4. The Bertz CT molecular complexity index is 328. The lowest BCUT2D eigenvalue weighted by Crippen LogP contribution is -2.47. The van der Waals surface area contributed by atoms with Crippen LogP contribution in [0.3, 0.4) is 0 Å². The maximum Gasteiger partial charge on any atom is 0.315 e. The number of carbonyl (C=O) groups excluding carboxylic acids is 1. The number of carbonyl (C=O) groups is 2. The predicted octanol–water partition coefficient (Wildman–Crippen LogP) is 1.73. The average Bonchev–Trinajstić information content (AvgIpc) is 3.12. The molecular weight excluding hydrogens is 232 g/mol. The first-order valence-corrected chi connectivity index (χ1v) is 6.86. The van der Waals surface area contributed by atoms with Gasteiger partial charge in [0.15, 0.2) is 0 Å². The zero-order valence-electron chi connectivity index (χ0n) is 10.8. The fraction of sp³-hybridized carbons (Fsp3) is 0.846. The number of hydrogen-bond acceptors (Lipinski definition) is 2. The minimum absolute atomic E-state index is 0.00579. The van der Waals surface area contributed by atoms with Gasteiger partial charge in [-0.1, -0.05) is 6.42 Å². The summed E-state index contributed by atoms with van der Waals surface area (Å²) >= 11 is 0. The third-order valence-electron chi connectivity index (χ3n) is 4.05. The van der Waals surface area contributed by atoms with E-state index in [4.69, 9.17) is 5.11 Å². The number of nitrogens with one attached hydrogen (secondary N) is 2. The molecule has 0 bridgehead atoms. The largest absolute Gasteiger partial charge is 0.481 e. The van der Waals surface area contributed by atoms with Crippen LogP contribution in [0.2, 0.25) is 0 Å². The van der Waals surface area contributed by atoms with Crippen molar-refractivity contribution in [1.82, 2.24) is 10.6 Å². The van der Waals surface area contributed by atoms with E-state index in [1.165, 1.54) is 12.8 Å². The smallest absolute Gasteiger partial charge is 0.315 e. The van der Waals surface area contributed by atoms with Gasteiger partial charge < -0.3 is 15.7 Å². The molecule has 2 amide bonds. The quantitative estimate of drug-likeness (QED) is 0.715. The van der Waals surface area contributed by atoms with Crippen LogP contribution in [-0.4, -0.2) is 29.2 Å². The fourth-order valence-corrected chi connectivity index (χ4v) is 2.69. The lowest BCUT2D eigenvalue weighted by Gasteiger charge is -2.28. The first-order valence-electron chi connectivity index (χ1n) is 6.86. The van der Waals surface area contributed by atoms with Crippen LogP contribution in [0.1, 0.15) is 45.4 Å². The molecule has 3 atom stereocenters. The first kappa shape index (κ1) is 13.2. The van der Waals surface area contributed by atoms with E-state index in [1.54, 1.807) is 0 Å². The Kier molecular flexibility index (Phi) is 4.09. The second kappa shape index (κ2) is 5.59. The molecule has 0 saturated heterocycles. The van der Waals surface area contributed by atoms with Crippen molar-refractivity contribution >= 4 is 12.0 Å². The Morgan fingerprint density at radius 3 is 2.56 bits per heavy atom. The van der Waals surface area contributed by atoms with Gasteiger partial charge in [-0.05, 0) is 44.9 Å². The van der Waals surface area contributed by atoms with Crippen molar-refractivity contribution in [2.24, 2.45) is 11.8 Å². The molecule has 0 aliphatic heterocycles. The molecule has 3 N–H and O–H groups in total. The van der Waals surface area contributed by atoms with Crippen molar-refractivity contribution in [3.8, 4) is 0 Å². The van der Waals surface area contributed by atoms with E-state index in [-0.39, 0.29) is 24.0 Å². The summed E-state index contributed by atoms with van der Waals surface area (Å²) in [5, 5.41) is 14.8. The van der Waals surface area contributed by atoms with Crippen LogP contribution in [0.4, 0.5) is 4.79 Å². The summed E-state index contributed by atoms with van der Waals surface area (Å²) in [5.74, 6) is -0.410. The van der Waals surface area contributed by atoms with E-state index >= 15 is 0 Å². The Morgan fingerprint density at radius 2 is 1.94 bits per heavy atom. The lowest BCUT2D eigenvalue weighted by atomic mass is 9.86. The van der Waals surface area contributed by atoms with Crippen molar-refractivity contribution in [2.45, 2.75) is 57.5 Å². The molecule has 0 aromatic heterocycles. The van der Waals surface area contributed by atoms with Crippen LogP contribution in [0.15, 0.2) is 0 Å². The molecule has 3 unspecified atom stereocenters. The van der Waals surface area contributed by atoms with Crippen molar-refractivity contribution in [2.75, 3.05) is 0 Å². The standard InChI is InChI=1S/C13H22N2O3/c1-8(9-5-6-9)14-13(18)15-11-4-2-3-10(7-11)12(16)17/h8-11H,2-7H2,1H3,(H,16,17)(H2,14,15,18). The summed E-state index contributed by atoms with van der Waals surface area (Å²) in [6.07, 6.45) is 5.45. The summed E-state index contributed by atoms with van der Waals surface area (Å²) in [6, 6.07) is 0.0838. The molecule has 0 aromatic rings. The van der Waals surface area contributed by atoms with E-state index in [0.29, 0.717) is 12.3 Å². The Labute approximate surface area is 107 Å². The third-order valence-corrected chi connectivity index (χ3v) is 4.05. The molecule has 5 heteroatoms. The van der Waals surface area contributed by atoms with Gasteiger partial charge in [-0.3, -0.25) is 4.79 Å². The van der Waals surface area contributed by atoms with Crippen LogP contribution in [0.5, 0.6) is 0 Å². The molecule has 2 aliphatic carbocycles. The van der Waals surface area contributed by atoms with Gasteiger partial charge >= 0.3 is 12.0 Å². The van der Waals surface area contributed by atoms with Gasteiger partial charge in [0, 0.05) is 12.1 Å². The molecule has 0 radical (unpaired) electrons. The molecule has 0 spiro atoms. The van der Waals surface area contributed by atoms with Gasteiger partial charge in [-0.15, -0.1) is 0 Å². The minimum Gasteiger partial charge on any atom is -0.481 e. The molecule has 2 aliphatic rings. The number of rotatable bonds is 4. The summed E-state index contributed by atoms with van der Waals surface area (Å²) in [6.45, 7) is 2.03. The molecule has 5 nitrogen and oxygen atoms in total. The first-order chi connectivity index (χ1) is 8.56. The van der Waals surface area contributed by atoms with Gasteiger partial charge in [-0.25, -0.2) is 4.79 Å². The SMILES string of the molecule is CC(NC(=O)NC1CCCC(C(=O)O)C1)C1CC1. The molecule has 2 saturated carbocycles. The molecule has 0 heterocycles. The highest BCUT2D eigenvalue weighted by Gasteiger charge is 2.31. The predicted molar refractivity (Wildman–Crippen MR) is 67.2 cm³/mol. The Hall–Kier alpha value is -1.26. The summed E-state index contributed by atoms with van der Waals surface area (Å²) in [7, 11) is 0. The number of aliphatic carboxylic acids is 1. The van der Waals surface area contributed by atoms with Crippen molar-refractivity contribution in [3.63, 3.8) is 0 Å². The number of urea groups is 1. The maximum atomic E-state index is 11.8. The highest BCUT2D eigenvalue weighted by Crippen LogP contribution is 2.32. The van der Waals surface area contributed by atoms with Gasteiger partial charge in [-0.2, -0.15) is 0 Å². The van der Waals surface area contributed by atoms with Crippen molar-refractivity contribution in [1.29, 1.82) is 0 Å². The second-order valence-electron chi connectivity index (χ2n) is 5.64. The van der Waals surface area contributed by atoms with Crippen LogP contribution < -0.4 is 10.6 Å². The van der Waals surface area contributed by atoms with E-state index < -0.39 is 5.97 Å². The van der Waals surface area contributed by atoms with Gasteiger partial charge in [0.2, 0.25) is 0 Å². The monoisotopic (exact) mass is 254 g/mol. The second-order valence-corrected chi connectivity index (χ2v) is 5.64. The van der Waals surface area contributed by atoms with E-state index in [9.17, 15) is 9.59 Å². The van der Waals surface area contributed by atoms with Crippen LogP contribution in [0.25, 0.3) is 0 Å². The molecule has 102 valence electrons. The Morgan fingerprint density at radius 1 is 1.22 bits per heavy atom. The average molecular weight is 254 g/mol. The number of carboxylic acid groups (broad SMARTS) is 1. The number of amides is 2. The minimum atomic E-state index is -0.742. The molecule has 2 fully saturated rings. The van der Waals surface area contributed by atoms with Crippen LogP contribution >= 0.6 is 0 Å². The zero-order valence-corrected chi connectivity index (χ0v) is 10.8. The normalized spacial score (nSPS) is 29.4. The van der Waals surface area contributed by atoms with Gasteiger partial charge in [0.1, 0.15) is 0 Å². The highest BCUT2D eigenvalue weighted by molar-refractivity contribution is 5.75. The van der Waals surface area contributed by atoms with Crippen LogP contribution in [-0.2, 0) is 4.79 Å². The Balaban J connectivity index is 1.74. The summed E-state index contributed by atoms with van der Waals surface area (Å²) in [4.78, 5) is 22.7. The maximum absolute atomic E-state index is 11.8.